The summed E-state index contributed by atoms with van der Waals surface area (Å²) in [6.45, 7) is 4.44. The highest BCUT2D eigenvalue weighted by atomic mass is 14.4. The predicted molar refractivity (Wildman–Crippen MR) is 80.0 cm³/mol. The average molecular weight is 255 g/mol. The molecule has 1 aromatic carbocycles. The minimum atomic E-state index is -0.101. The molecule has 102 valence electrons. The monoisotopic (exact) mass is 255 g/mol. The van der Waals surface area contributed by atoms with Gasteiger partial charge in [0.05, 0.1) is 11.5 Å². The highest BCUT2D eigenvalue weighted by Crippen LogP contribution is 2.37. The number of rotatable bonds is 3. The van der Waals surface area contributed by atoms with Gasteiger partial charge in [0.2, 0.25) is 0 Å². The fraction of sp³-hybridized carbons (Fsp3) is 0.611. The second-order valence-electron chi connectivity index (χ2n) is 6.38. The predicted octanol–water partition coefficient (Wildman–Crippen LogP) is 5.22. The van der Waals surface area contributed by atoms with Crippen LogP contribution in [-0.4, -0.2) is 0 Å². The Hall–Kier alpha value is -1.29. The summed E-state index contributed by atoms with van der Waals surface area (Å²) in [5.74, 6) is 0.580. The Morgan fingerprint density at radius 1 is 1.05 bits per heavy atom. The molecule has 0 bridgehead atoms. The highest BCUT2D eigenvalue weighted by Gasteiger charge is 2.30. The maximum atomic E-state index is 9.62. The molecule has 1 saturated carbocycles. The van der Waals surface area contributed by atoms with Crippen LogP contribution in [0.2, 0.25) is 0 Å². The van der Waals surface area contributed by atoms with Crippen LogP contribution >= 0.6 is 0 Å². The number of hydrogen-bond donors (Lipinski definition) is 0. The van der Waals surface area contributed by atoms with Gasteiger partial charge in [-0.1, -0.05) is 63.8 Å². The van der Waals surface area contributed by atoms with Crippen LogP contribution in [0.4, 0.5) is 0 Å². The summed E-state index contributed by atoms with van der Waals surface area (Å²) in [6, 6.07) is 11.5. The van der Waals surface area contributed by atoms with Crippen LogP contribution in [0.25, 0.3) is 0 Å². The topological polar surface area (TPSA) is 23.8 Å². The molecule has 0 heterocycles. The number of benzene rings is 1. The summed E-state index contributed by atoms with van der Waals surface area (Å²) in [5.41, 5.74) is 2.61. The van der Waals surface area contributed by atoms with Gasteiger partial charge in [-0.25, -0.2) is 0 Å². The summed E-state index contributed by atoms with van der Waals surface area (Å²) in [6.07, 6.45) is 8.13. The van der Waals surface area contributed by atoms with Crippen molar-refractivity contribution in [2.45, 2.75) is 64.7 Å². The summed E-state index contributed by atoms with van der Waals surface area (Å²) < 4.78 is 0. The first kappa shape index (κ1) is 14.1. The minimum absolute atomic E-state index is 0.101. The third-order valence-corrected chi connectivity index (χ3v) is 4.49. The molecule has 0 atom stereocenters. The first-order valence-corrected chi connectivity index (χ1v) is 7.65. The zero-order valence-corrected chi connectivity index (χ0v) is 12.3. The Morgan fingerprint density at radius 3 is 2.11 bits per heavy atom. The van der Waals surface area contributed by atoms with Crippen molar-refractivity contribution < 1.29 is 0 Å². The zero-order valence-electron chi connectivity index (χ0n) is 12.3. The van der Waals surface area contributed by atoms with E-state index in [0.29, 0.717) is 5.92 Å². The van der Waals surface area contributed by atoms with Crippen LogP contribution in [0.15, 0.2) is 24.3 Å². The average Bonchev–Trinajstić information content (AvgIpc) is 2.65. The van der Waals surface area contributed by atoms with Crippen LogP contribution in [0, 0.1) is 16.7 Å². The lowest BCUT2D eigenvalue weighted by Gasteiger charge is -2.25. The van der Waals surface area contributed by atoms with Crippen molar-refractivity contribution in [3.8, 4) is 6.07 Å². The van der Waals surface area contributed by atoms with Gasteiger partial charge in [-0.3, -0.25) is 0 Å². The lowest BCUT2D eigenvalue weighted by Crippen LogP contribution is -2.20. The number of nitrogens with zero attached hydrogens (tertiary/aromatic N) is 1. The van der Waals surface area contributed by atoms with Gasteiger partial charge in [0, 0.05) is 0 Å². The van der Waals surface area contributed by atoms with Gasteiger partial charge in [0.25, 0.3) is 0 Å². The molecular weight excluding hydrogens is 230 g/mol. The van der Waals surface area contributed by atoms with E-state index in [9.17, 15) is 5.26 Å². The molecular formula is C18H25N. The summed E-state index contributed by atoms with van der Waals surface area (Å²) in [5, 5.41) is 9.62. The molecule has 0 spiro atoms. The molecule has 0 unspecified atom stereocenters. The van der Waals surface area contributed by atoms with Gasteiger partial charge >= 0.3 is 0 Å². The number of nitriles is 1. The Bertz CT molecular complexity index is 428. The molecule has 19 heavy (non-hydrogen) atoms. The smallest absolute Gasteiger partial charge is 0.0693 e. The lowest BCUT2D eigenvalue weighted by molar-refractivity contribution is 0.339. The van der Waals surface area contributed by atoms with Gasteiger partial charge in [-0.05, 0) is 36.3 Å². The van der Waals surface area contributed by atoms with E-state index >= 15 is 0 Å². The van der Waals surface area contributed by atoms with Crippen LogP contribution in [0.5, 0.6) is 0 Å². The molecule has 1 nitrogen and oxygen atoms in total. The van der Waals surface area contributed by atoms with Crippen LogP contribution < -0.4 is 0 Å². The molecule has 1 aliphatic carbocycles. The van der Waals surface area contributed by atoms with Crippen molar-refractivity contribution in [1.82, 2.24) is 0 Å². The van der Waals surface area contributed by atoms with Gasteiger partial charge in [0.1, 0.15) is 0 Å². The second kappa shape index (κ2) is 6.24. The van der Waals surface area contributed by atoms with Crippen molar-refractivity contribution in [2.24, 2.45) is 5.41 Å². The molecule has 1 heteroatoms. The van der Waals surface area contributed by atoms with Crippen LogP contribution in [-0.2, 0) is 6.42 Å². The first-order valence-electron chi connectivity index (χ1n) is 7.65. The van der Waals surface area contributed by atoms with E-state index < -0.39 is 0 Å². The minimum Gasteiger partial charge on any atom is -0.198 e. The fourth-order valence-electron chi connectivity index (χ4n) is 3.14. The molecule has 2 rings (SSSR count). The molecule has 1 aromatic rings. The summed E-state index contributed by atoms with van der Waals surface area (Å²) in [4.78, 5) is 0. The maximum absolute atomic E-state index is 9.62. The third-order valence-electron chi connectivity index (χ3n) is 4.49. The molecule has 0 saturated heterocycles. The molecule has 1 fully saturated rings. The standard InChI is InChI=1S/C18H25N/c1-15(2)17-9-7-16(8-10-17)13-18(14-19)11-5-3-4-6-12-18/h7-10,15H,3-6,11-13H2,1-2H3. The Kier molecular flexibility index (Phi) is 4.64. The van der Waals surface area contributed by atoms with E-state index in [2.05, 4.69) is 44.2 Å². The quantitative estimate of drug-likeness (QED) is 0.679. The second-order valence-corrected chi connectivity index (χ2v) is 6.38. The van der Waals surface area contributed by atoms with Gasteiger partial charge in [-0.2, -0.15) is 5.26 Å². The molecule has 0 aromatic heterocycles. The summed E-state index contributed by atoms with van der Waals surface area (Å²) in [7, 11) is 0. The largest absolute Gasteiger partial charge is 0.198 e. The molecule has 0 radical (unpaired) electrons. The van der Waals surface area contributed by atoms with E-state index in [-0.39, 0.29) is 5.41 Å². The molecule has 0 amide bonds. The lowest BCUT2D eigenvalue weighted by atomic mass is 9.76. The van der Waals surface area contributed by atoms with E-state index in [1.165, 1.54) is 36.8 Å². The Labute approximate surface area is 117 Å². The number of hydrogen-bond acceptors (Lipinski definition) is 1. The van der Waals surface area contributed by atoms with Gasteiger partial charge in [0.15, 0.2) is 0 Å². The normalized spacial score (nSPS) is 18.8. The van der Waals surface area contributed by atoms with E-state index in [4.69, 9.17) is 0 Å². The highest BCUT2D eigenvalue weighted by molar-refractivity contribution is 5.26. The Balaban J connectivity index is 2.11. The van der Waals surface area contributed by atoms with Crippen molar-refractivity contribution in [3.05, 3.63) is 35.4 Å². The van der Waals surface area contributed by atoms with Crippen LogP contribution in [0.3, 0.4) is 0 Å². The van der Waals surface area contributed by atoms with Crippen molar-refractivity contribution >= 4 is 0 Å². The van der Waals surface area contributed by atoms with Crippen molar-refractivity contribution in [3.63, 3.8) is 0 Å². The molecule has 0 N–H and O–H groups in total. The zero-order chi connectivity index (χ0) is 13.7. The first-order chi connectivity index (χ1) is 9.15. The third kappa shape index (κ3) is 3.60. The van der Waals surface area contributed by atoms with E-state index in [1.54, 1.807) is 0 Å². The van der Waals surface area contributed by atoms with Crippen molar-refractivity contribution in [2.75, 3.05) is 0 Å². The van der Waals surface area contributed by atoms with Gasteiger partial charge < -0.3 is 0 Å². The SMILES string of the molecule is CC(C)c1ccc(CC2(C#N)CCCCCC2)cc1. The van der Waals surface area contributed by atoms with Crippen LogP contribution in [0.1, 0.15) is 69.4 Å². The summed E-state index contributed by atoms with van der Waals surface area (Å²) >= 11 is 0. The maximum Gasteiger partial charge on any atom is 0.0693 e. The van der Waals surface area contributed by atoms with Crippen molar-refractivity contribution in [1.29, 1.82) is 5.26 Å². The molecule has 0 aliphatic heterocycles. The van der Waals surface area contributed by atoms with Gasteiger partial charge in [-0.15, -0.1) is 0 Å². The van der Waals surface area contributed by atoms with E-state index in [1.807, 2.05) is 0 Å². The Morgan fingerprint density at radius 2 is 1.63 bits per heavy atom. The van der Waals surface area contributed by atoms with E-state index in [0.717, 1.165) is 19.3 Å². The molecule has 1 aliphatic rings. The fourth-order valence-corrected chi connectivity index (χ4v) is 3.14.